The van der Waals surface area contributed by atoms with Crippen molar-refractivity contribution in [1.29, 1.82) is 0 Å². The maximum Gasteiger partial charge on any atom is 0.142 e. The van der Waals surface area contributed by atoms with Crippen molar-refractivity contribution in [2.45, 2.75) is 19.4 Å². The van der Waals surface area contributed by atoms with E-state index in [4.69, 9.17) is 5.73 Å². The van der Waals surface area contributed by atoms with Gasteiger partial charge in [-0.15, -0.1) is 6.58 Å². The summed E-state index contributed by atoms with van der Waals surface area (Å²) in [6.07, 6.45) is 0.775. The van der Waals surface area contributed by atoms with Gasteiger partial charge >= 0.3 is 0 Å². The highest BCUT2D eigenvalue weighted by Crippen LogP contribution is 2.30. The van der Waals surface area contributed by atoms with Gasteiger partial charge in [-0.25, -0.2) is 0 Å². The van der Waals surface area contributed by atoms with Crippen molar-refractivity contribution < 1.29 is 5.11 Å². The predicted octanol–water partition coefficient (Wildman–Crippen LogP) is 3.57. The highest BCUT2D eigenvalue weighted by molar-refractivity contribution is 14.1. The third-order valence-electron chi connectivity index (χ3n) is 2.04. The summed E-state index contributed by atoms with van der Waals surface area (Å²) in [6.45, 7) is 5.82. The van der Waals surface area contributed by atoms with Crippen LogP contribution < -0.4 is 5.73 Å². The van der Waals surface area contributed by atoms with E-state index in [0.717, 1.165) is 24.7 Å². The first-order valence-electron chi connectivity index (χ1n) is 4.49. The maximum absolute atomic E-state index is 9.62. The Morgan fingerprint density at radius 3 is 2.33 bits per heavy atom. The molecule has 0 bridgehead atoms. The van der Waals surface area contributed by atoms with Crippen LogP contribution in [0.5, 0.6) is 5.75 Å². The van der Waals surface area contributed by atoms with Crippen molar-refractivity contribution >= 4 is 45.2 Å². The minimum atomic E-state index is -0.0369. The number of aromatic hydroxyl groups is 1. The number of benzene rings is 1. The number of phenols is 1. The Balaban J connectivity index is 3.00. The van der Waals surface area contributed by atoms with Gasteiger partial charge in [0, 0.05) is 6.04 Å². The van der Waals surface area contributed by atoms with E-state index in [1.807, 2.05) is 19.1 Å². The molecule has 3 N–H and O–H groups in total. The van der Waals surface area contributed by atoms with Crippen molar-refractivity contribution in [3.05, 3.63) is 37.0 Å². The molecule has 0 unspecified atom stereocenters. The fourth-order valence-corrected chi connectivity index (χ4v) is 3.11. The van der Waals surface area contributed by atoms with Crippen LogP contribution in [0.25, 0.3) is 0 Å². The molecular weight excluding hydrogens is 416 g/mol. The summed E-state index contributed by atoms with van der Waals surface area (Å²) in [4.78, 5) is 0. The lowest BCUT2D eigenvalue weighted by molar-refractivity contribution is 0.467. The fourth-order valence-electron chi connectivity index (χ4n) is 1.29. The quantitative estimate of drug-likeness (QED) is 0.571. The van der Waals surface area contributed by atoms with Gasteiger partial charge in [0.25, 0.3) is 0 Å². The van der Waals surface area contributed by atoms with Gasteiger partial charge in [-0.05, 0) is 76.2 Å². The first-order chi connectivity index (χ1) is 6.91. The average Bonchev–Trinajstić information content (AvgIpc) is 2.12. The monoisotopic (exact) mass is 429 g/mol. The van der Waals surface area contributed by atoms with Gasteiger partial charge in [-0.1, -0.05) is 5.57 Å². The Kier molecular flexibility index (Phi) is 4.85. The number of rotatable bonds is 3. The van der Waals surface area contributed by atoms with Crippen LogP contribution in [-0.4, -0.2) is 5.11 Å². The van der Waals surface area contributed by atoms with E-state index in [1.165, 1.54) is 0 Å². The summed E-state index contributed by atoms with van der Waals surface area (Å²) >= 11 is 4.22. The summed E-state index contributed by atoms with van der Waals surface area (Å²) in [6, 6.07) is 3.81. The number of halogens is 2. The molecule has 0 aliphatic carbocycles. The zero-order valence-electron chi connectivity index (χ0n) is 8.43. The topological polar surface area (TPSA) is 46.2 Å². The minimum absolute atomic E-state index is 0.0369. The van der Waals surface area contributed by atoms with Crippen LogP contribution >= 0.6 is 45.2 Å². The van der Waals surface area contributed by atoms with Crippen molar-refractivity contribution in [2.75, 3.05) is 0 Å². The fraction of sp³-hybridized carbons (Fsp3) is 0.273. The van der Waals surface area contributed by atoms with Gasteiger partial charge in [-0.3, -0.25) is 0 Å². The molecule has 0 fully saturated rings. The SMILES string of the molecule is C=C(C)C[C@H](N)c1cc(I)c(O)c(I)c1. The summed E-state index contributed by atoms with van der Waals surface area (Å²) < 4.78 is 1.68. The molecule has 0 amide bonds. The second-order valence-electron chi connectivity index (χ2n) is 3.60. The molecule has 82 valence electrons. The van der Waals surface area contributed by atoms with Crippen molar-refractivity contribution in [3.63, 3.8) is 0 Å². The van der Waals surface area contributed by atoms with E-state index in [2.05, 4.69) is 51.8 Å². The van der Waals surface area contributed by atoms with Gasteiger partial charge < -0.3 is 10.8 Å². The van der Waals surface area contributed by atoms with Gasteiger partial charge in [0.05, 0.1) is 7.14 Å². The first-order valence-corrected chi connectivity index (χ1v) is 6.65. The van der Waals surface area contributed by atoms with Crippen molar-refractivity contribution in [1.82, 2.24) is 0 Å². The van der Waals surface area contributed by atoms with Crippen molar-refractivity contribution in [3.8, 4) is 5.75 Å². The summed E-state index contributed by atoms with van der Waals surface area (Å²) in [5.41, 5.74) is 8.15. The first kappa shape index (κ1) is 13.2. The van der Waals surface area contributed by atoms with Crippen LogP contribution in [0.3, 0.4) is 0 Å². The molecule has 1 rings (SSSR count). The molecule has 2 nitrogen and oxygen atoms in total. The predicted molar refractivity (Wildman–Crippen MR) is 79.9 cm³/mol. The Labute approximate surface area is 117 Å². The van der Waals surface area contributed by atoms with E-state index in [1.54, 1.807) is 0 Å². The smallest absolute Gasteiger partial charge is 0.142 e. The van der Waals surface area contributed by atoms with Crippen LogP contribution in [0, 0.1) is 7.14 Å². The summed E-state index contributed by atoms with van der Waals surface area (Å²) in [5, 5.41) is 9.62. The Bertz CT molecular complexity index is 367. The van der Waals surface area contributed by atoms with Crippen LogP contribution in [0.1, 0.15) is 24.9 Å². The molecule has 1 aromatic rings. The molecule has 1 aromatic carbocycles. The van der Waals surface area contributed by atoms with Gasteiger partial charge in [-0.2, -0.15) is 0 Å². The molecule has 0 aliphatic heterocycles. The Hall–Kier alpha value is 0.180. The Morgan fingerprint density at radius 1 is 1.47 bits per heavy atom. The summed E-state index contributed by atoms with van der Waals surface area (Å²) in [5.74, 6) is 0.336. The third kappa shape index (κ3) is 3.60. The molecule has 4 heteroatoms. The lowest BCUT2D eigenvalue weighted by Crippen LogP contribution is -2.11. The lowest BCUT2D eigenvalue weighted by atomic mass is 10.0. The van der Waals surface area contributed by atoms with E-state index < -0.39 is 0 Å². The molecule has 0 heterocycles. The van der Waals surface area contributed by atoms with Gasteiger partial charge in [0.1, 0.15) is 5.75 Å². The Morgan fingerprint density at radius 2 is 1.93 bits per heavy atom. The largest absolute Gasteiger partial charge is 0.506 e. The van der Waals surface area contributed by atoms with Crippen LogP contribution in [0.2, 0.25) is 0 Å². The van der Waals surface area contributed by atoms with Gasteiger partial charge in [0.15, 0.2) is 0 Å². The number of hydrogen-bond donors (Lipinski definition) is 2. The lowest BCUT2D eigenvalue weighted by Gasteiger charge is -2.13. The van der Waals surface area contributed by atoms with Gasteiger partial charge in [0.2, 0.25) is 0 Å². The highest BCUT2D eigenvalue weighted by Gasteiger charge is 2.11. The zero-order chi connectivity index (χ0) is 11.6. The molecule has 0 radical (unpaired) electrons. The summed E-state index contributed by atoms with van der Waals surface area (Å²) in [7, 11) is 0. The second kappa shape index (κ2) is 5.49. The molecule has 0 aliphatic rings. The van der Waals surface area contributed by atoms with Crippen LogP contribution in [-0.2, 0) is 0 Å². The number of phenolic OH excluding ortho intramolecular Hbond substituents is 1. The molecule has 1 atom stereocenters. The molecule has 0 spiro atoms. The standard InChI is InChI=1S/C11H13I2NO/c1-6(2)3-10(14)7-4-8(12)11(15)9(13)5-7/h4-5,10,15H,1,3,14H2,2H3/t10-/m0/s1. The second-order valence-corrected chi connectivity index (χ2v) is 5.93. The van der Waals surface area contributed by atoms with Crippen LogP contribution in [0.15, 0.2) is 24.3 Å². The average molecular weight is 429 g/mol. The van der Waals surface area contributed by atoms with Crippen molar-refractivity contribution in [2.24, 2.45) is 5.73 Å². The van der Waals surface area contributed by atoms with E-state index >= 15 is 0 Å². The molecular formula is C11H13I2NO. The maximum atomic E-state index is 9.62. The minimum Gasteiger partial charge on any atom is -0.506 e. The third-order valence-corrected chi connectivity index (χ3v) is 3.68. The number of nitrogens with two attached hydrogens (primary N) is 1. The van der Waals surface area contributed by atoms with Crippen LogP contribution in [0.4, 0.5) is 0 Å². The zero-order valence-corrected chi connectivity index (χ0v) is 12.7. The molecule has 0 saturated carbocycles. The van der Waals surface area contributed by atoms with E-state index in [0.29, 0.717) is 5.75 Å². The van der Waals surface area contributed by atoms with E-state index in [9.17, 15) is 5.11 Å². The highest BCUT2D eigenvalue weighted by atomic mass is 127. The number of hydrogen-bond acceptors (Lipinski definition) is 2. The molecule has 15 heavy (non-hydrogen) atoms. The normalized spacial score (nSPS) is 12.5. The molecule has 0 saturated heterocycles. The van der Waals surface area contributed by atoms with E-state index in [-0.39, 0.29) is 6.04 Å². The molecule has 0 aromatic heterocycles.